The highest BCUT2D eigenvalue weighted by Gasteiger charge is 2.21. The van der Waals surface area contributed by atoms with Crippen molar-refractivity contribution in [1.82, 2.24) is 28.2 Å². The van der Waals surface area contributed by atoms with Crippen LogP contribution in [0.25, 0.3) is 188 Å². The van der Waals surface area contributed by atoms with E-state index in [1.165, 1.54) is 87.4 Å². The molecular weight excluding hydrogens is 1240 g/mol. The third-order valence-electron chi connectivity index (χ3n) is 20.6. The molecule has 0 N–H and O–H groups in total. The topological polar surface area (TPSA) is 69.3 Å². The van der Waals surface area contributed by atoms with Gasteiger partial charge in [0.1, 0.15) is 0 Å². The second kappa shape index (κ2) is 23.7. The number of fused-ring (bicyclic) bond motifs is 12. The Kier molecular flexibility index (Phi) is 13.5. The summed E-state index contributed by atoms with van der Waals surface area (Å²) in [5.41, 5.74) is 27.9. The molecule has 474 valence electrons. The van der Waals surface area contributed by atoms with Gasteiger partial charge in [-0.2, -0.15) is 5.26 Å². The van der Waals surface area contributed by atoms with E-state index < -0.39 is 0 Å². The van der Waals surface area contributed by atoms with Gasteiger partial charge in [-0.05, 0) is 196 Å². The molecule has 0 saturated heterocycles. The Bertz CT molecular complexity index is 6400. The second-order valence-corrected chi connectivity index (χ2v) is 26.4. The van der Waals surface area contributed by atoms with Crippen LogP contribution in [0.5, 0.6) is 0 Å². The van der Waals surface area contributed by atoms with Crippen LogP contribution in [0.2, 0.25) is 0 Å². The summed E-state index contributed by atoms with van der Waals surface area (Å²) in [4.78, 5) is 10.4. The predicted octanol–water partition coefficient (Wildman–Crippen LogP) is 24.4. The molecule has 0 spiro atoms. The van der Waals surface area contributed by atoms with Crippen molar-refractivity contribution < 1.29 is 0 Å². The molecule has 5 heterocycles. The van der Waals surface area contributed by atoms with Gasteiger partial charge in [0.15, 0.2) is 5.82 Å². The SMILES string of the molecule is N#Cc1ccc(-c2nc(-c3ccc(-c4cccc(-n5c6ccccc6c6cc(-c7ccc8c(c7)c7ccccc7n8-c7ccccc7)ccc65)c4)cc3)cc(-c3ccc(-c4cccc(-n5c6ccccc6c6cc(-c7ccc8c(c7)c7ccccc7n8-c7ccccc7)ccc65)c4)cc3)n2)cc1. The number of hydrogen-bond acceptors (Lipinski definition) is 3. The first-order valence-corrected chi connectivity index (χ1v) is 34.6. The minimum atomic E-state index is 0.581. The molecule has 0 aliphatic rings. The molecule has 0 amide bonds. The van der Waals surface area contributed by atoms with Gasteiger partial charge in [0, 0.05) is 82.5 Å². The van der Waals surface area contributed by atoms with E-state index in [0.717, 1.165) is 95.1 Å². The van der Waals surface area contributed by atoms with Gasteiger partial charge in [0.05, 0.1) is 67.2 Å². The van der Waals surface area contributed by atoms with Gasteiger partial charge in [-0.3, -0.25) is 0 Å². The van der Waals surface area contributed by atoms with Crippen LogP contribution in [-0.4, -0.2) is 28.2 Å². The largest absolute Gasteiger partial charge is 0.309 e. The number of rotatable bonds is 11. The molecule has 0 fully saturated rings. The van der Waals surface area contributed by atoms with Crippen LogP contribution >= 0.6 is 0 Å². The third-order valence-corrected chi connectivity index (χ3v) is 20.6. The van der Waals surface area contributed by atoms with E-state index in [1.807, 2.05) is 24.3 Å². The number of para-hydroxylation sites is 6. The van der Waals surface area contributed by atoms with Crippen molar-refractivity contribution in [3.63, 3.8) is 0 Å². The standard InChI is InChI=1S/C95H59N7/c96-60-61-33-35-66(36-34-61)95-97-85(64-41-37-62(38-42-64)67-17-15-23-75(53-67)101-89-31-13-9-27-79(89)83-57-71(47-51-93(83)101)69-45-49-91-81(55-69)77-25-7-11-29-87(77)99(91)73-19-3-1-4-20-73)59-86(98-95)65-43-39-63(40-44-65)68-18-16-24-76(54-68)102-90-32-14-10-28-80(90)84-58-72(48-52-94(84)102)70-46-50-92-82(56-70)78-26-8-12-30-88(78)100(92)74-21-5-2-6-22-74/h1-59H. The molecule has 20 aromatic rings. The molecule has 0 unspecified atom stereocenters. The van der Waals surface area contributed by atoms with Crippen LogP contribution in [0, 0.1) is 11.3 Å². The Morgan fingerprint density at radius 1 is 0.196 bits per heavy atom. The zero-order chi connectivity index (χ0) is 67.4. The van der Waals surface area contributed by atoms with Crippen molar-refractivity contribution in [2.75, 3.05) is 0 Å². The van der Waals surface area contributed by atoms with E-state index in [1.54, 1.807) is 0 Å². The summed E-state index contributed by atoms with van der Waals surface area (Å²) in [5, 5.41) is 19.5. The Morgan fingerprint density at radius 3 is 0.824 bits per heavy atom. The number of hydrogen-bond donors (Lipinski definition) is 0. The molecule has 7 nitrogen and oxygen atoms in total. The van der Waals surface area contributed by atoms with Crippen LogP contribution in [-0.2, 0) is 0 Å². The predicted molar refractivity (Wildman–Crippen MR) is 422 cm³/mol. The molecule has 0 aliphatic heterocycles. The molecule has 15 aromatic carbocycles. The van der Waals surface area contributed by atoms with E-state index in [0.29, 0.717) is 11.4 Å². The lowest BCUT2D eigenvalue weighted by Gasteiger charge is -2.13. The first-order valence-electron chi connectivity index (χ1n) is 34.6. The number of benzene rings is 15. The lowest BCUT2D eigenvalue weighted by molar-refractivity contribution is 1.18. The fourth-order valence-electron chi connectivity index (χ4n) is 15.8. The molecule has 0 atom stereocenters. The summed E-state index contributed by atoms with van der Waals surface area (Å²) in [7, 11) is 0. The molecule has 7 heteroatoms. The van der Waals surface area contributed by atoms with Crippen LogP contribution in [0.15, 0.2) is 358 Å². The van der Waals surface area contributed by atoms with Gasteiger partial charge in [0.25, 0.3) is 0 Å². The first kappa shape index (κ1) is 58.2. The van der Waals surface area contributed by atoms with E-state index >= 15 is 0 Å². The van der Waals surface area contributed by atoms with Gasteiger partial charge in [0.2, 0.25) is 0 Å². The van der Waals surface area contributed by atoms with Gasteiger partial charge in [-0.1, -0.05) is 206 Å². The summed E-state index contributed by atoms with van der Waals surface area (Å²) in [6.07, 6.45) is 0. The lowest BCUT2D eigenvalue weighted by atomic mass is 10.00. The summed E-state index contributed by atoms with van der Waals surface area (Å²) in [6, 6.07) is 131. The molecule has 5 aromatic heterocycles. The molecule has 0 bridgehead atoms. The van der Waals surface area contributed by atoms with Crippen LogP contribution in [0.1, 0.15) is 5.56 Å². The smallest absolute Gasteiger partial charge is 0.160 e. The number of nitriles is 1. The zero-order valence-corrected chi connectivity index (χ0v) is 55.2. The molecule has 20 rings (SSSR count). The first-order chi connectivity index (χ1) is 50.5. The highest BCUT2D eigenvalue weighted by molar-refractivity contribution is 6.15. The number of aromatic nitrogens is 6. The molecule has 0 saturated carbocycles. The van der Waals surface area contributed by atoms with Crippen molar-refractivity contribution in [3.05, 3.63) is 363 Å². The monoisotopic (exact) mass is 1300 g/mol. The Balaban J connectivity index is 0.604. The van der Waals surface area contributed by atoms with Crippen LogP contribution in [0.4, 0.5) is 0 Å². The van der Waals surface area contributed by atoms with Gasteiger partial charge in [-0.25, -0.2) is 9.97 Å². The summed E-state index contributed by atoms with van der Waals surface area (Å²) >= 11 is 0. The van der Waals surface area contributed by atoms with Crippen molar-refractivity contribution in [1.29, 1.82) is 5.26 Å². The highest BCUT2D eigenvalue weighted by atomic mass is 15.0. The van der Waals surface area contributed by atoms with Crippen molar-refractivity contribution in [2.24, 2.45) is 0 Å². The molecule has 102 heavy (non-hydrogen) atoms. The maximum Gasteiger partial charge on any atom is 0.160 e. The Labute approximate surface area is 587 Å². The van der Waals surface area contributed by atoms with E-state index in [2.05, 4.69) is 358 Å². The quantitative estimate of drug-likeness (QED) is 0.130. The van der Waals surface area contributed by atoms with Crippen molar-refractivity contribution in [3.8, 4) is 107 Å². The molecular formula is C95H59N7. The van der Waals surface area contributed by atoms with E-state index in [9.17, 15) is 5.26 Å². The minimum Gasteiger partial charge on any atom is -0.309 e. The average molecular weight is 1300 g/mol. The Morgan fingerprint density at radius 2 is 0.471 bits per heavy atom. The van der Waals surface area contributed by atoms with Crippen LogP contribution < -0.4 is 0 Å². The number of nitrogens with zero attached hydrogens (tertiary/aromatic N) is 7. The maximum absolute atomic E-state index is 9.74. The molecule has 0 aliphatic carbocycles. The zero-order valence-electron chi connectivity index (χ0n) is 55.2. The third kappa shape index (κ3) is 9.65. The minimum absolute atomic E-state index is 0.581. The average Bonchev–Trinajstić information content (AvgIpc) is 1.59. The fraction of sp³-hybridized carbons (Fsp3) is 0. The van der Waals surface area contributed by atoms with E-state index in [4.69, 9.17) is 9.97 Å². The maximum atomic E-state index is 9.74. The van der Waals surface area contributed by atoms with Crippen LogP contribution in [0.3, 0.4) is 0 Å². The van der Waals surface area contributed by atoms with Gasteiger partial charge < -0.3 is 18.3 Å². The fourth-order valence-corrected chi connectivity index (χ4v) is 15.8. The van der Waals surface area contributed by atoms with Crippen molar-refractivity contribution in [2.45, 2.75) is 0 Å². The van der Waals surface area contributed by atoms with Crippen molar-refractivity contribution >= 4 is 87.2 Å². The Hall–Kier alpha value is -13.9. The normalized spacial score (nSPS) is 11.7. The van der Waals surface area contributed by atoms with Gasteiger partial charge in [-0.15, -0.1) is 0 Å². The lowest BCUT2D eigenvalue weighted by Crippen LogP contribution is -1.96. The van der Waals surface area contributed by atoms with Gasteiger partial charge >= 0.3 is 0 Å². The summed E-state index contributed by atoms with van der Waals surface area (Å²) in [6.45, 7) is 0. The highest BCUT2D eigenvalue weighted by Crippen LogP contribution is 2.43. The van der Waals surface area contributed by atoms with E-state index in [-0.39, 0.29) is 0 Å². The summed E-state index contributed by atoms with van der Waals surface area (Å²) < 4.78 is 9.54. The second-order valence-electron chi connectivity index (χ2n) is 26.4. The molecule has 0 radical (unpaired) electrons. The summed E-state index contributed by atoms with van der Waals surface area (Å²) in [5.74, 6) is 0.582.